The van der Waals surface area contributed by atoms with Crippen LogP contribution in [0.4, 0.5) is 0 Å². The molecular formula is C15H15ClN2O3. The summed E-state index contributed by atoms with van der Waals surface area (Å²) in [6, 6.07) is 8.55. The van der Waals surface area contributed by atoms with Crippen molar-refractivity contribution in [3.05, 3.63) is 52.8 Å². The van der Waals surface area contributed by atoms with E-state index < -0.39 is 0 Å². The molecule has 0 saturated heterocycles. The number of hydrogen-bond acceptors (Lipinski definition) is 4. The summed E-state index contributed by atoms with van der Waals surface area (Å²) in [5, 5.41) is 3.09. The summed E-state index contributed by atoms with van der Waals surface area (Å²) in [6.07, 6.45) is 1.49. The molecule has 1 aromatic heterocycles. The number of nitrogens with one attached hydrogen (secondary N) is 1. The molecule has 1 aromatic carbocycles. The Balaban J connectivity index is 2.07. The van der Waals surface area contributed by atoms with E-state index >= 15 is 0 Å². The third-order valence-electron chi connectivity index (χ3n) is 2.92. The van der Waals surface area contributed by atoms with Gasteiger partial charge in [0.2, 0.25) is 0 Å². The topological polar surface area (TPSA) is 60.5 Å². The predicted octanol–water partition coefficient (Wildman–Crippen LogP) is 2.68. The summed E-state index contributed by atoms with van der Waals surface area (Å²) in [6.45, 7) is 0.339. The Kier molecular flexibility index (Phi) is 5.00. The summed E-state index contributed by atoms with van der Waals surface area (Å²) < 4.78 is 10.4. The number of ether oxygens (including phenoxy) is 2. The fraction of sp³-hybridized carbons (Fsp3) is 0.200. The van der Waals surface area contributed by atoms with E-state index in [-0.39, 0.29) is 11.1 Å². The van der Waals surface area contributed by atoms with Crippen molar-refractivity contribution < 1.29 is 14.3 Å². The molecule has 0 radical (unpaired) electrons. The maximum Gasteiger partial charge on any atom is 0.251 e. The van der Waals surface area contributed by atoms with E-state index in [1.54, 1.807) is 26.4 Å². The number of aromatic nitrogens is 1. The number of methoxy groups -OCH3 is 2. The van der Waals surface area contributed by atoms with Crippen molar-refractivity contribution in [2.45, 2.75) is 6.54 Å². The van der Waals surface area contributed by atoms with Crippen molar-refractivity contribution in [2.75, 3.05) is 14.2 Å². The van der Waals surface area contributed by atoms with E-state index in [4.69, 9.17) is 21.1 Å². The van der Waals surface area contributed by atoms with Crippen LogP contribution >= 0.6 is 11.6 Å². The third kappa shape index (κ3) is 3.86. The van der Waals surface area contributed by atoms with Gasteiger partial charge in [-0.25, -0.2) is 4.98 Å². The van der Waals surface area contributed by atoms with E-state index in [0.29, 0.717) is 23.6 Å². The second-order valence-corrected chi connectivity index (χ2v) is 4.61. The molecule has 0 spiro atoms. The molecule has 1 N–H and O–H groups in total. The number of rotatable bonds is 5. The second kappa shape index (κ2) is 6.95. The molecule has 5 nitrogen and oxygen atoms in total. The van der Waals surface area contributed by atoms with Crippen LogP contribution in [0.2, 0.25) is 5.15 Å². The normalized spacial score (nSPS) is 10.0. The van der Waals surface area contributed by atoms with Crippen LogP contribution in [0.1, 0.15) is 15.9 Å². The van der Waals surface area contributed by atoms with Crippen molar-refractivity contribution >= 4 is 17.5 Å². The average Bonchev–Trinajstić information content (AvgIpc) is 2.52. The zero-order chi connectivity index (χ0) is 15.2. The van der Waals surface area contributed by atoms with Gasteiger partial charge in [-0.05, 0) is 24.3 Å². The van der Waals surface area contributed by atoms with Crippen LogP contribution < -0.4 is 14.8 Å². The zero-order valence-electron chi connectivity index (χ0n) is 11.7. The maximum absolute atomic E-state index is 12.0. The molecule has 0 aliphatic carbocycles. The van der Waals surface area contributed by atoms with Crippen LogP contribution in [0, 0.1) is 0 Å². The van der Waals surface area contributed by atoms with Crippen molar-refractivity contribution in [3.63, 3.8) is 0 Å². The standard InChI is InChI=1S/C15H15ClN2O3/c1-20-12-4-3-11(13(8-12)21-2)9-18-15(19)10-5-6-17-14(16)7-10/h3-8H,9H2,1-2H3,(H,18,19). The fourth-order valence-corrected chi connectivity index (χ4v) is 1.99. The zero-order valence-corrected chi connectivity index (χ0v) is 12.5. The van der Waals surface area contributed by atoms with Crippen molar-refractivity contribution in [3.8, 4) is 11.5 Å². The number of benzene rings is 1. The molecule has 6 heteroatoms. The molecule has 0 atom stereocenters. The van der Waals surface area contributed by atoms with E-state index in [1.807, 2.05) is 12.1 Å². The molecule has 0 saturated carbocycles. The first-order valence-electron chi connectivity index (χ1n) is 6.24. The van der Waals surface area contributed by atoms with Crippen LogP contribution in [-0.2, 0) is 6.54 Å². The lowest BCUT2D eigenvalue weighted by molar-refractivity contribution is 0.0950. The number of carbonyl (C=O) groups excluding carboxylic acids is 1. The maximum atomic E-state index is 12.0. The lowest BCUT2D eigenvalue weighted by Crippen LogP contribution is -2.23. The summed E-state index contributed by atoms with van der Waals surface area (Å²) in [5.41, 5.74) is 1.31. The highest BCUT2D eigenvalue weighted by Gasteiger charge is 2.09. The number of hydrogen-bond donors (Lipinski definition) is 1. The molecule has 21 heavy (non-hydrogen) atoms. The minimum atomic E-state index is -0.225. The number of pyridine rings is 1. The summed E-state index contributed by atoms with van der Waals surface area (Å²) in [7, 11) is 3.16. The molecule has 0 fully saturated rings. The van der Waals surface area contributed by atoms with Gasteiger partial charge in [0.25, 0.3) is 5.91 Å². The van der Waals surface area contributed by atoms with Gasteiger partial charge in [0, 0.05) is 29.9 Å². The molecule has 110 valence electrons. The van der Waals surface area contributed by atoms with Crippen molar-refractivity contribution in [1.29, 1.82) is 0 Å². The van der Waals surface area contributed by atoms with Gasteiger partial charge in [0.15, 0.2) is 0 Å². The Bertz CT molecular complexity index is 647. The minimum absolute atomic E-state index is 0.225. The Morgan fingerprint density at radius 2 is 2.05 bits per heavy atom. The second-order valence-electron chi connectivity index (χ2n) is 4.23. The van der Waals surface area contributed by atoms with Crippen LogP contribution in [0.15, 0.2) is 36.5 Å². The summed E-state index contributed by atoms with van der Waals surface area (Å²) >= 11 is 5.76. The smallest absolute Gasteiger partial charge is 0.251 e. The van der Waals surface area contributed by atoms with E-state index in [9.17, 15) is 4.79 Å². The Morgan fingerprint density at radius 1 is 1.24 bits per heavy atom. The van der Waals surface area contributed by atoms with E-state index in [1.165, 1.54) is 12.3 Å². The molecule has 0 bridgehead atoms. The van der Waals surface area contributed by atoms with Gasteiger partial charge in [-0.15, -0.1) is 0 Å². The first-order valence-corrected chi connectivity index (χ1v) is 6.62. The van der Waals surface area contributed by atoms with Gasteiger partial charge in [-0.2, -0.15) is 0 Å². The van der Waals surface area contributed by atoms with Gasteiger partial charge < -0.3 is 14.8 Å². The lowest BCUT2D eigenvalue weighted by atomic mass is 10.1. The fourth-order valence-electron chi connectivity index (χ4n) is 1.82. The van der Waals surface area contributed by atoms with Crippen LogP contribution in [0.25, 0.3) is 0 Å². The predicted molar refractivity (Wildman–Crippen MR) is 80.0 cm³/mol. The number of halogens is 1. The molecule has 0 aliphatic rings. The van der Waals surface area contributed by atoms with Gasteiger partial charge in [0.05, 0.1) is 14.2 Å². The highest BCUT2D eigenvalue weighted by atomic mass is 35.5. The quantitative estimate of drug-likeness (QED) is 0.863. The molecule has 2 aromatic rings. The molecule has 2 rings (SSSR count). The van der Waals surface area contributed by atoms with Crippen LogP contribution in [0.5, 0.6) is 11.5 Å². The Hall–Kier alpha value is -2.27. The highest BCUT2D eigenvalue weighted by molar-refractivity contribution is 6.29. The summed E-state index contributed by atoms with van der Waals surface area (Å²) in [5.74, 6) is 1.13. The number of carbonyl (C=O) groups is 1. The van der Waals surface area contributed by atoms with Gasteiger partial charge in [-0.3, -0.25) is 4.79 Å². The van der Waals surface area contributed by atoms with Crippen LogP contribution in [-0.4, -0.2) is 25.1 Å². The first kappa shape index (κ1) is 15.1. The monoisotopic (exact) mass is 306 g/mol. The molecule has 0 aliphatic heterocycles. The molecule has 0 unspecified atom stereocenters. The van der Waals surface area contributed by atoms with Gasteiger partial charge >= 0.3 is 0 Å². The highest BCUT2D eigenvalue weighted by Crippen LogP contribution is 2.24. The Labute approximate surface area is 127 Å². The SMILES string of the molecule is COc1ccc(CNC(=O)c2ccnc(Cl)c2)c(OC)c1. The molecular weight excluding hydrogens is 292 g/mol. The van der Waals surface area contributed by atoms with Crippen molar-refractivity contribution in [2.24, 2.45) is 0 Å². The number of amides is 1. The number of nitrogens with zero attached hydrogens (tertiary/aromatic N) is 1. The first-order chi connectivity index (χ1) is 10.1. The minimum Gasteiger partial charge on any atom is -0.497 e. The largest absolute Gasteiger partial charge is 0.497 e. The van der Waals surface area contributed by atoms with Gasteiger partial charge in [0.1, 0.15) is 16.7 Å². The average molecular weight is 307 g/mol. The third-order valence-corrected chi connectivity index (χ3v) is 3.13. The van der Waals surface area contributed by atoms with Gasteiger partial charge in [-0.1, -0.05) is 11.6 Å². The van der Waals surface area contributed by atoms with Crippen LogP contribution in [0.3, 0.4) is 0 Å². The van der Waals surface area contributed by atoms with E-state index in [0.717, 1.165) is 5.56 Å². The van der Waals surface area contributed by atoms with Crippen molar-refractivity contribution in [1.82, 2.24) is 10.3 Å². The lowest BCUT2D eigenvalue weighted by Gasteiger charge is -2.11. The Morgan fingerprint density at radius 3 is 2.71 bits per heavy atom. The molecule has 1 heterocycles. The van der Waals surface area contributed by atoms with E-state index in [2.05, 4.69) is 10.3 Å². The molecule has 1 amide bonds. The summed E-state index contributed by atoms with van der Waals surface area (Å²) in [4.78, 5) is 15.9.